The lowest BCUT2D eigenvalue weighted by Gasteiger charge is -2.37. The number of hydrogen-bond donors (Lipinski definition) is 4. The van der Waals surface area contributed by atoms with E-state index in [1.807, 2.05) is 80.6 Å². The number of quaternary nitrogens is 1. The minimum absolute atomic E-state index is 0. The van der Waals surface area contributed by atoms with E-state index in [0.29, 0.717) is 75.9 Å². The molecule has 11 aromatic rings. The van der Waals surface area contributed by atoms with Gasteiger partial charge in [0.1, 0.15) is 0 Å². The maximum atomic E-state index is 13.4. The number of fused-ring (bicyclic) bond motifs is 15. The second-order valence-corrected chi connectivity index (χ2v) is 41.4. The van der Waals surface area contributed by atoms with E-state index in [-0.39, 0.29) is 79.7 Å². The Morgan fingerprint density at radius 2 is 0.710 bits per heavy atom. The molecule has 4 N–H and O–H groups in total. The zero-order valence-electron chi connectivity index (χ0n) is 81.7. The normalized spacial score (nSPS) is 24.4. The summed E-state index contributed by atoms with van der Waals surface area (Å²) in [6, 6.07) is 77.7. The monoisotopic (exact) mass is 2040 g/mol. The van der Waals surface area contributed by atoms with Gasteiger partial charge in [-0.15, -0.1) is 49.6 Å². The Kier molecular flexibility index (Phi) is 37.0. The number of nitrogens with zero attached hydrogens (tertiary/aromatic N) is 4. The van der Waals surface area contributed by atoms with Crippen LogP contribution in [0.1, 0.15) is 308 Å². The van der Waals surface area contributed by atoms with Crippen molar-refractivity contribution in [2.45, 2.75) is 180 Å². The topological polar surface area (TPSA) is 169 Å². The van der Waals surface area contributed by atoms with Gasteiger partial charge in [0.05, 0.1) is 36.3 Å². The van der Waals surface area contributed by atoms with Gasteiger partial charge in [-0.3, -0.25) is 4.79 Å². The number of aryl methyl sites for hydroxylation is 6. The molecule has 20 heteroatoms. The highest BCUT2D eigenvalue weighted by Gasteiger charge is 2.51. The molecule has 0 amide bonds. The Balaban J connectivity index is 0.000000154. The predicted molar refractivity (Wildman–Crippen MR) is 567 cm³/mol. The molecule has 10 aliphatic rings. The highest BCUT2D eigenvalue weighted by molar-refractivity contribution is 9.10. The van der Waals surface area contributed by atoms with Crippen molar-refractivity contribution in [2.24, 2.45) is 29.6 Å². The van der Waals surface area contributed by atoms with Crippen molar-refractivity contribution < 1.29 is 56.9 Å². The summed E-state index contributed by atoms with van der Waals surface area (Å²) >= 11 is 10.0. The lowest BCUT2D eigenvalue weighted by atomic mass is 9.78. The van der Waals surface area contributed by atoms with Crippen molar-refractivity contribution in [3.05, 3.63) is 384 Å². The molecule has 0 saturated carbocycles. The first-order valence-corrected chi connectivity index (χ1v) is 50.4. The first-order chi connectivity index (χ1) is 64.2. The highest BCUT2D eigenvalue weighted by atomic mass is 79.9. The van der Waals surface area contributed by atoms with Crippen LogP contribution in [0.3, 0.4) is 0 Å². The van der Waals surface area contributed by atoms with Gasteiger partial charge in [0.15, 0.2) is 5.78 Å². The minimum Gasteiger partial charge on any atom is -1.00 e. The van der Waals surface area contributed by atoms with E-state index in [0.717, 1.165) is 134 Å². The number of benzene rings is 11. The zero-order chi connectivity index (χ0) is 93.5. The van der Waals surface area contributed by atoms with Crippen LogP contribution >= 0.6 is 77.2 Å². The Bertz CT molecular complexity index is 5940. The van der Waals surface area contributed by atoms with Crippen molar-refractivity contribution >= 4 is 101 Å². The Morgan fingerprint density at radius 1 is 0.384 bits per heavy atom. The number of hydrogen-bond acceptors (Lipinski definition) is 9. The second kappa shape index (κ2) is 47.1. The van der Waals surface area contributed by atoms with Crippen molar-refractivity contribution in [1.82, 2.24) is 19.6 Å². The fourth-order valence-corrected chi connectivity index (χ4v) is 26.1. The van der Waals surface area contributed by atoms with Crippen molar-refractivity contribution in [1.29, 1.82) is 0 Å². The number of rotatable bonds is 16. The molecule has 5 fully saturated rings. The molecular weight excluding hydrogens is 1910 g/mol. The van der Waals surface area contributed by atoms with Gasteiger partial charge in [0.25, 0.3) is 0 Å². The molecule has 138 heavy (non-hydrogen) atoms. The summed E-state index contributed by atoms with van der Waals surface area (Å²) in [4.78, 5) is 57.8. The molecule has 13 nitrogen and oxygen atoms in total. The number of carboxylic acids is 3. The van der Waals surface area contributed by atoms with Gasteiger partial charge in [-0.25, -0.2) is 14.4 Å². The zero-order valence-corrected chi connectivity index (χ0v) is 88.0. The molecule has 0 radical (unpaired) electrons. The lowest BCUT2D eigenvalue weighted by Crippen LogP contribution is -3.13. The SMILES string of the molecule is CCN1CC[C@H]2[C@H](c3ccc(Br)cc3)c3cc(C)ccc3[C@H]2C1.CCN1CC[C@H]2[C@H](c3ccc(C(=O)O)cc3)c3cc(C)c(C(C)=O)cc3[C@H]2C1.CCN1CC[C@H]2[C@H](c3ccc(C(=O)O)cc3)c3cc(C)c(C([O-])c4ccccc4)cc3[C@H]2C1.CCN1CC[C@H]2[C@H](c3ccc(C(=O)O)cc3)c3cc(C)c(Cl)cc3[C@H]2C1.CC[NH+]1CC[C@@H]2[C@@H](c3ccc(C)cc3)c3cc(C)ccc3[C@H]2C1.Cl.Cl.Cl.Cl.[Cl-]. The van der Waals surface area contributed by atoms with Crippen LogP contribution < -0.4 is 22.4 Å². The van der Waals surface area contributed by atoms with Crippen LogP contribution in [0.4, 0.5) is 0 Å². The van der Waals surface area contributed by atoms with Gasteiger partial charge >= 0.3 is 17.9 Å². The van der Waals surface area contributed by atoms with Crippen molar-refractivity contribution in [3.8, 4) is 0 Å². The largest absolute Gasteiger partial charge is 1.00 e. The van der Waals surface area contributed by atoms with Gasteiger partial charge in [0.2, 0.25) is 0 Å². The third-order valence-electron chi connectivity index (χ3n) is 32.7. The molecule has 17 atom stereocenters. The van der Waals surface area contributed by atoms with Crippen LogP contribution in [-0.2, 0) is 0 Å². The van der Waals surface area contributed by atoms with Gasteiger partial charge in [-0.1, -0.05) is 253 Å². The van der Waals surface area contributed by atoms with Gasteiger partial charge in [0, 0.05) is 107 Å². The average Bonchev–Trinajstić information content (AvgIpc) is 1.67. The van der Waals surface area contributed by atoms with Gasteiger partial charge in [-0.05, 0) is 324 Å². The molecule has 5 heterocycles. The number of carbonyl (C=O) groups excluding carboxylic acids is 1. The van der Waals surface area contributed by atoms with E-state index in [4.69, 9.17) is 11.6 Å². The van der Waals surface area contributed by atoms with Crippen molar-refractivity contribution in [2.75, 3.05) is 98.2 Å². The molecule has 21 rings (SSSR count). The number of carboxylic acid groups (broad SMARTS) is 3. The molecule has 732 valence electrons. The summed E-state index contributed by atoms with van der Waals surface area (Å²) < 4.78 is 1.17. The standard InChI is InChI=1S/C29H30NO3.C24H27NO3.C22H24ClNO2.C22H27N.C21H24BrN.5ClH/c1-3-30-14-13-22-26(17-30)24-16-23(28(31)20-7-5-4-6-8-20)18(2)15-25(24)27(22)19-9-11-21(12-10-19)29(32)33;1-4-25-10-9-18-22(13-25)20-12-19(15(3)26)14(2)11-21(20)23(18)16-5-7-17(8-6-16)24(27)28;1-3-24-9-8-16-19(12-24)17-11-20(23)13(2)10-18(17)21(16)14-4-6-15(7-5-14)22(25)26;1-4-23-12-11-19-21(14-23)18-10-7-16(3)13-20(18)22(19)17-8-5-15(2)6-9-17;1-3-23-11-10-18-20(13-23)17-9-4-14(2)12-19(17)21(18)15-5-7-16(22)8-6-15;;;;;/h4-12,15-16,22,26-28H,3,13-14,17H2,1-2H3,(H,32,33);5-8,11-12,18,22-23H,4,9-10,13H2,1-3H3,(H,27,28);4-7,10-11,16,19,21H,3,8-9,12H2,1-2H3,(H,25,26);5-10,13,19,21-22H,4,11-12,14H2,1-3H3;4-9,12,18,20-21H,3,10-11,13H2,1-2H3;5*1H/q-1;;;;;;;;;/t22-,26+,27+,28?;18-,22+,23+;16-,19+,21+;19-,21+,22+;18-,20-,21+;;;;;/m11101...../s1. The number of likely N-dealkylation sites (tertiary alicyclic amines) is 5. The fourth-order valence-electron chi connectivity index (χ4n) is 25.7. The van der Waals surface area contributed by atoms with E-state index >= 15 is 0 Å². The average molecular weight is 2050 g/mol. The molecule has 5 aliphatic carbocycles. The van der Waals surface area contributed by atoms with E-state index < -0.39 is 24.0 Å². The lowest BCUT2D eigenvalue weighted by molar-refractivity contribution is -0.905. The summed E-state index contributed by atoms with van der Waals surface area (Å²) in [6.07, 6.45) is 5.16. The third-order valence-corrected chi connectivity index (χ3v) is 33.6. The van der Waals surface area contributed by atoms with Crippen LogP contribution in [-0.4, -0.2) is 157 Å². The second-order valence-electron chi connectivity index (χ2n) is 40.0. The van der Waals surface area contributed by atoms with E-state index in [1.54, 1.807) is 70.5 Å². The third kappa shape index (κ3) is 22.3. The summed E-state index contributed by atoms with van der Waals surface area (Å²) in [6.45, 7) is 42.8. The maximum absolute atomic E-state index is 13.4. The quantitative estimate of drug-likeness (QED) is 0.0677. The highest BCUT2D eigenvalue weighted by Crippen LogP contribution is 2.60. The molecule has 5 saturated heterocycles. The van der Waals surface area contributed by atoms with Crippen LogP contribution in [0, 0.1) is 71.1 Å². The molecule has 0 aromatic heterocycles. The summed E-state index contributed by atoms with van der Waals surface area (Å²) in [5.41, 5.74) is 31.8. The number of aromatic carboxylic acids is 3. The number of Topliss-reactive ketones (excluding diaryl/α,β-unsaturated/α-hetero) is 1. The maximum Gasteiger partial charge on any atom is 0.335 e. The Labute approximate surface area is 863 Å². The van der Waals surface area contributed by atoms with Crippen LogP contribution in [0.25, 0.3) is 0 Å². The molecule has 5 aliphatic heterocycles. The first kappa shape index (κ1) is 108. The predicted octanol–water partition coefficient (Wildman–Crippen LogP) is 21.6. The summed E-state index contributed by atoms with van der Waals surface area (Å²) in [7, 11) is 0. The summed E-state index contributed by atoms with van der Waals surface area (Å²) in [5.74, 6) is 5.30. The smallest absolute Gasteiger partial charge is 0.335 e. The van der Waals surface area contributed by atoms with Crippen molar-refractivity contribution in [3.63, 3.8) is 0 Å². The van der Waals surface area contributed by atoms with Gasteiger partial charge < -0.3 is 57.3 Å². The fraction of sp³-hybridized carbons (Fsp3) is 0.407. The van der Waals surface area contributed by atoms with E-state index in [1.165, 1.54) is 134 Å². The number of carbonyl (C=O) groups is 4. The number of piperidine rings is 5. The Morgan fingerprint density at radius 3 is 1.09 bits per heavy atom. The number of nitrogens with one attached hydrogen (secondary N) is 1. The Hall–Kier alpha value is -8.52. The molecule has 2 unspecified atom stereocenters. The van der Waals surface area contributed by atoms with Crippen LogP contribution in [0.15, 0.2) is 229 Å². The number of likely N-dealkylation sites (N-methyl/N-ethyl adjacent to an activating group) is 5. The van der Waals surface area contributed by atoms with E-state index in [2.05, 4.69) is 219 Å². The van der Waals surface area contributed by atoms with Gasteiger partial charge in [-0.2, -0.15) is 0 Å². The first-order valence-electron chi connectivity index (χ1n) is 49.3. The van der Waals surface area contributed by atoms with E-state index in [9.17, 15) is 39.6 Å². The molecule has 0 bridgehead atoms. The molecule has 0 spiro atoms. The summed E-state index contributed by atoms with van der Waals surface area (Å²) in [5, 5.41) is 42.0. The van der Waals surface area contributed by atoms with Crippen LogP contribution in [0.5, 0.6) is 0 Å². The molecular formula is C118H137BrCl6N5O8-. The minimum atomic E-state index is -0.898. The number of halogens is 7. The van der Waals surface area contributed by atoms with Crippen LogP contribution in [0.2, 0.25) is 5.02 Å². The number of ketones is 1. The molecule has 11 aromatic carbocycles.